The van der Waals surface area contributed by atoms with Crippen molar-refractivity contribution in [2.45, 2.75) is 6.92 Å². The predicted molar refractivity (Wildman–Crippen MR) is 81.6 cm³/mol. The maximum atomic E-state index is 12.9. The molecule has 0 bridgehead atoms. The van der Waals surface area contributed by atoms with Crippen LogP contribution in [0.5, 0.6) is 11.5 Å². The topological polar surface area (TPSA) is 47.6 Å². The van der Waals surface area contributed by atoms with E-state index in [1.165, 1.54) is 0 Å². The van der Waals surface area contributed by atoms with Gasteiger partial charge >= 0.3 is 0 Å². The number of para-hydroxylation sites is 1. The van der Waals surface area contributed by atoms with Crippen LogP contribution in [0.3, 0.4) is 0 Å². The zero-order valence-electron chi connectivity index (χ0n) is 12.1. The van der Waals surface area contributed by atoms with Crippen LogP contribution in [0.4, 0.5) is 5.69 Å². The molecule has 0 unspecified atom stereocenters. The van der Waals surface area contributed by atoms with Gasteiger partial charge in [-0.2, -0.15) is 0 Å². The first kappa shape index (κ1) is 13.5. The number of hydrogen-bond acceptors (Lipinski definition) is 4. The number of carbonyl (C=O) groups excluding carboxylic acids is 1. The van der Waals surface area contributed by atoms with Gasteiger partial charge in [0.1, 0.15) is 12.4 Å². The summed E-state index contributed by atoms with van der Waals surface area (Å²) in [4.78, 5) is 12.9. The van der Waals surface area contributed by atoms with Gasteiger partial charge in [0.15, 0.2) is 5.75 Å². The largest absolute Gasteiger partial charge is 0.496 e. The number of benzene rings is 2. The van der Waals surface area contributed by atoms with E-state index in [0.29, 0.717) is 29.2 Å². The third-order valence-electron chi connectivity index (χ3n) is 3.52. The van der Waals surface area contributed by atoms with E-state index in [1.54, 1.807) is 13.2 Å². The highest BCUT2D eigenvalue weighted by molar-refractivity contribution is 6.13. The molecule has 0 saturated heterocycles. The van der Waals surface area contributed by atoms with Gasteiger partial charge in [-0.15, -0.1) is 0 Å². The minimum atomic E-state index is -0.0869. The lowest BCUT2D eigenvalue weighted by Gasteiger charge is -2.21. The molecule has 2 aromatic carbocycles. The van der Waals surface area contributed by atoms with Crippen molar-refractivity contribution >= 4 is 11.5 Å². The van der Waals surface area contributed by atoms with Gasteiger partial charge in [0.25, 0.3) is 0 Å². The Kier molecular flexibility index (Phi) is 3.52. The highest BCUT2D eigenvalue weighted by Crippen LogP contribution is 2.34. The third-order valence-corrected chi connectivity index (χ3v) is 3.52. The van der Waals surface area contributed by atoms with Crippen LogP contribution in [0.25, 0.3) is 0 Å². The number of nitrogens with one attached hydrogen (secondary N) is 1. The van der Waals surface area contributed by atoms with Crippen LogP contribution >= 0.6 is 0 Å². The van der Waals surface area contributed by atoms with Crippen LogP contribution in [0.15, 0.2) is 36.4 Å². The lowest BCUT2D eigenvalue weighted by atomic mass is 9.99. The van der Waals surface area contributed by atoms with Crippen molar-refractivity contribution in [3.63, 3.8) is 0 Å². The molecule has 0 fully saturated rings. The highest BCUT2D eigenvalue weighted by Gasteiger charge is 2.22. The lowest BCUT2D eigenvalue weighted by molar-refractivity contribution is 0.103. The molecule has 0 aromatic heterocycles. The molecule has 108 valence electrons. The maximum absolute atomic E-state index is 12.9. The van der Waals surface area contributed by atoms with E-state index in [2.05, 4.69) is 5.32 Å². The van der Waals surface area contributed by atoms with Crippen LogP contribution in [0.1, 0.15) is 21.5 Å². The Hall–Kier alpha value is -2.49. The third kappa shape index (κ3) is 2.44. The number of anilines is 1. The first-order chi connectivity index (χ1) is 10.2. The van der Waals surface area contributed by atoms with Crippen molar-refractivity contribution in [2.24, 2.45) is 0 Å². The predicted octanol–water partition coefficient (Wildman–Crippen LogP) is 3.04. The maximum Gasteiger partial charge on any atom is 0.200 e. The molecule has 1 N–H and O–H groups in total. The monoisotopic (exact) mass is 283 g/mol. The number of rotatable bonds is 3. The van der Waals surface area contributed by atoms with Gasteiger partial charge in [0, 0.05) is 6.54 Å². The number of methoxy groups -OCH3 is 1. The number of carbonyl (C=O) groups is 1. The Labute approximate surface area is 123 Å². The number of hydrogen-bond donors (Lipinski definition) is 1. The zero-order chi connectivity index (χ0) is 14.8. The van der Waals surface area contributed by atoms with E-state index in [0.717, 1.165) is 17.8 Å². The summed E-state index contributed by atoms with van der Waals surface area (Å²) < 4.78 is 11.0. The quantitative estimate of drug-likeness (QED) is 0.880. The summed E-state index contributed by atoms with van der Waals surface area (Å²) in [6.45, 7) is 3.26. The second-order valence-electron chi connectivity index (χ2n) is 4.99. The minimum Gasteiger partial charge on any atom is -0.496 e. The second kappa shape index (κ2) is 5.48. The molecule has 0 saturated carbocycles. The van der Waals surface area contributed by atoms with Crippen molar-refractivity contribution < 1.29 is 14.3 Å². The van der Waals surface area contributed by atoms with Gasteiger partial charge in [-0.25, -0.2) is 0 Å². The Bertz CT molecular complexity index is 694. The molecular weight excluding hydrogens is 266 g/mol. The molecular formula is C17H17NO3. The van der Waals surface area contributed by atoms with Gasteiger partial charge < -0.3 is 14.8 Å². The molecule has 1 heterocycles. The molecule has 1 aliphatic rings. The summed E-state index contributed by atoms with van der Waals surface area (Å²) >= 11 is 0. The van der Waals surface area contributed by atoms with Crippen LogP contribution in [-0.2, 0) is 0 Å². The van der Waals surface area contributed by atoms with Crippen molar-refractivity contribution in [1.29, 1.82) is 0 Å². The first-order valence-electron chi connectivity index (χ1n) is 6.89. The SMILES string of the molecule is COc1ccc(C)cc1C(=O)c1cccc2c1OCCN2. The van der Waals surface area contributed by atoms with E-state index >= 15 is 0 Å². The molecule has 0 atom stereocenters. The van der Waals surface area contributed by atoms with E-state index in [1.807, 2.05) is 37.3 Å². The smallest absolute Gasteiger partial charge is 0.200 e. The molecule has 0 amide bonds. The molecule has 0 spiro atoms. The summed E-state index contributed by atoms with van der Waals surface area (Å²) in [7, 11) is 1.57. The number of ether oxygens (including phenoxy) is 2. The first-order valence-corrected chi connectivity index (χ1v) is 6.89. The molecule has 2 aromatic rings. The van der Waals surface area contributed by atoms with E-state index in [4.69, 9.17) is 9.47 Å². The molecule has 0 aliphatic carbocycles. The highest BCUT2D eigenvalue weighted by atomic mass is 16.5. The van der Waals surface area contributed by atoms with E-state index in [-0.39, 0.29) is 5.78 Å². The van der Waals surface area contributed by atoms with Crippen LogP contribution in [0.2, 0.25) is 0 Å². The molecule has 4 heteroatoms. The Morgan fingerprint density at radius 1 is 1.24 bits per heavy atom. The molecule has 3 rings (SSSR count). The normalized spacial score (nSPS) is 12.9. The molecule has 4 nitrogen and oxygen atoms in total. The zero-order valence-corrected chi connectivity index (χ0v) is 12.1. The minimum absolute atomic E-state index is 0.0869. The molecule has 1 aliphatic heterocycles. The Balaban J connectivity index is 2.09. The average molecular weight is 283 g/mol. The van der Waals surface area contributed by atoms with Gasteiger partial charge in [-0.1, -0.05) is 17.7 Å². The summed E-state index contributed by atoms with van der Waals surface area (Å²) in [6, 6.07) is 11.1. The van der Waals surface area contributed by atoms with E-state index in [9.17, 15) is 4.79 Å². The summed E-state index contributed by atoms with van der Waals surface area (Å²) in [6.07, 6.45) is 0. The van der Waals surface area contributed by atoms with Crippen LogP contribution in [-0.4, -0.2) is 26.0 Å². The molecule has 21 heavy (non-hydrogen) atoms. The number of fused-ring (bicyclic) bond motifs is 1. The average Bonchev–Trinajstić information content (AvgIpc) is 2.53. The second-order valence-corrected chi connectivity index (χ2v) is 4.99. The fraction of sp³-hybridized carbons (Fsp3) is 0.235. The number of aryl methyl sites for hydroxylation is 1. The van der Waals surface area contributed by atoms with Crippen molar-refractivity contribution in [3.05, 3.63) is 53.1 Å². The van der Waals surface area contributed by atoms with Gasteiger partial charge in [0.2, 0.25) is 5.78 Å². The summed E-state index contributed by atoms with van der Waals surface area (Å²) in [5, 5.41) is 3.24. The number of ketones is 1. The van der Waals surface area contributed by atoms with Gasteiger partial charge in [-0.3, -0.25) is 4.79 Å². The Morgan fingerprint density at radius 2 is 2.10 bits per heavy atom. The van der Waals surface area contributed by atoms with Gasteiger partial charge in [0.05, 0.1) is 23.9 Å². The van der Waals surface area contributed by atoms with Crippen LogP contribution in [0, 0.1) is 6.92 Å². The van der Waals surface area contributed by atoms with Crippen LogP contribution < -0.4 is 14.8 Å². The standard InChI is InChI=1S/C17H17NO3/c1-11-6-7-15(20-2)13(10-11)16(19)12-4-3-5-14-17(12)21-9-8-18-14/h3-7,10,18H,8-9H2,1-2H3. The summed E-state index contributed by atoms with van der Waals surface area (Å²) in [5.74, 6) is 1.11. The van der Waals surface area contributed by atoms with E-state index < -0.39 is 0 Å². The fourth-order valence-electron chi connectivity index (χ4n) is 2.49. The fourth-order valence-corrected chi connectivity index (χ4v) is 2.49. The van der Waals surface area contributed by atoms with Gasteiger partial charge in [-0.05, 0) is 31.2 Å². The van der Waals surface area contributed by atoms with Crippen molar-refractivity contribution in [2.75, 3.05) is 25.6 Å². The molecule has 0 radical (unpaired) electrons. The summed E-state index contributed by atoms with van der Waals surface area (Å²) in [5.41, 5.74) is 2.99. The van der Waals surface area contributed by atoms with Crippen molar-refractivity contribution in [3.8, 4) is 11.5 Å². The lowest BCUT2D eigenvalue weighted by Crippen LogP contribution is -2.20. The van der Waals surface area contributed by atoms with Crippen molar-refractivity contribution in [1.82, 2.24) is 0 Å². The Morgan fingerprint density at radius 3 is 2.90 bits per heavy atom.